The van der Waals surface area contributed by atoms with Gasteiger partial charge in [0.2, 0.25) is 5.91 Å². The van der Waals surface area contributed by atoms with E-state index in [0.29, 0.717) is 5.92 Å². The van der Waals surface area contributed by atoms with Crippen LogP contribution in [0.2, 0.25) is 0 Å². The van der Waals surface area contributed by atoms with E-state index in [1.165, 1.54) is 11.1 Å². The second-order valence-electron chi connectivity index (χ2n) is 7.79. The van der Waals surface area contributed by atoms with E-state index >= 15 is 0 Å². The summed E-state index contributed by atoms with van der Waals surface area (Å²) >= 11 is 0. The molecule has 0 saturated carbocycles. The molecule has 4 rings (SSSR count). The number of rotatable bonds is 6. The maximum absolute atomic E-state index is 13.4. The molecule has 1 atom stereocenters. The summed E-state index contributed by atoms with van der Waals surface area (Å²) in [5.41, 5.74) is 2.61. The molecule has 1 fully saturated rings. The van der Waals surface area contributed by atoms with Crippen LogP contribution in [0.3, 0.4) is 0 Å². The minimum atomic E-state index is -0.164. The molecule has 1 aromatic heterocycles. The third-order valence-electron chi connectivity index (χ3n) is 5.84. The Morgan fingerprint density at radius 2 is 1.39 bits per heavy atom. The summed E-state index contributed by atoms with van der Waals surface area (Å²) in [5, 5.41) is 0. The molecule has 0 aliphatic carbocycles. The summed E-state index contributed by atoms with van der Waals surface area (Å²) < 4.78 is 2.06. The maximum Gasteiger partial charge on any atom is 0.245 e. The normalized spacial score (nSPS) is 16.1. The highest BCUT2D eigenvalue weighted by atomic mass is 16.2. The molecule has 1 aliphatic heterocycles. The van der Waals surface area contributed by atoms with E-state index in [1.54, 1.807) is 0 Å². The number of amides is 1. The molecule has 3 heteroatoms. The zero-order valence-electron chi connectivity index (χ0n) is 16.3. The van der Waals surface area contributed by atoms with E-state index < -0.39 is 0 Å². The molecule has 2 heterocycles. The fourth-order valence-corrected chi connectivity index (χ4v) is 4.23. The average Bonchev–Trinajstić information content (AvgIpc) is 3.28. The maximum atomic E-state index is 13.4. The van der Waals surface area contributed by atoms with Crippen LogP contribution in [0.1, 0.15) is 30.0 Å². The largest absolute Gasteiger partial charge is 0.342 e. The van der Waals surface area contributed by atoms with Gasteiger partial charge in [0.1, 0.15) is 6.04 Å². The number of likely N-dealkylation sites (tertiary alicyclic amines) is 1. The first-order valence-electron chi connectivity index (χ1n) is 10.3. The van der Waals surface area contributed by atoms with Crippen LogP contribution in [0.15, 0.2) is 85.2 Å². The van der Waals surface area contributed by atoms with Crippen molar-refractivity contribution in [3.05, 3.63) is 96.3 Å². The molecule has 0 radical (unpaired) electrons. The van der Waals surface area contributed by atoms with Gasteiger partial charge in [-0.2, -0.15) is 0 Å². The highest BCUT2D eigenvalue weighted by Gasteiger charge is 2.29. The Labute approximate surface area is 167 Å². The van der Waals surface area contributed by atoms with Crippen LogP contribution in [-0.2, 0) is 17.6 Å². The van der Waals surface area contributed by atoms with Gasteiger partial charge in [0.05, 0.1) is 0 Å². The standard InChI is InChI=1S/C25H28N2O/c28-25(24(26-15-7-8-16-26)20-22-11-5-2-6-12-22)27-17-13-23(14-18-27)19-21-9-3-1-4-10-21/h1-12,15-16,23-24H,13-14,17-20H2/t24-/m0/s1. The van der Waals surface area contributed by atoms with Crippen molar-refractivity contribution in [2.24, 2.45) is 5.92 Å². The number of carbonyl (C=O) groups is 1. The van der Waals surface area contributed by atoms with Gasteiger partial charge in [0.25, 0.3) is 0 Å². The topological polar surface area (TPSA) is 25.2 Å². The molecular formula is C25H28N2O. The van der Waals surface area contributed by atoms with Crippen molar-refractivity contribution in [3.8, 4) is 0 Å². The summed E-state index contributed by atoms with van der Waals surface area (Å²) in [6.07, 6.45) is 8.04. The summed E-state index contributed by atoms with van der Waals surface area (Å²) in [6, 6.07) is 24.9. The van der Waals surface area contributed by atoms with Crippen molar-refractivity contribution in [3.63, 3.8) is 0 Å². The van der Waals surface area contributed by atoms with Gasteiger partial charge in [0.15, 0.2) is 0 Å². The zero-order chi connectivity index (χ0) is 19.2. The van der Waals surface area contributed by atoms with Gasteiger partial charge in [0, 0.05) is 31.9 Å². The molecule has 144 valence electrons. The third-order valence-corrected chi connectivity index (χ3v) is 5.84. The third kappa shape index (κ3) is 4.53. The Kier molecular flexibility index (Phi) is 5.91. The van der Waals surface area contributed by atoms with Crippen LogP contribution in [0.4, 0.5) is 0 Å². The lowest BCUT2D eigenvalue weighted by Crippen LogP contribution is -2.43. The Hall–Kier alpha value is -2.81. The molecule has 0 bridgehead atoms. The van der Waals surface area contributed by atoms with Gasteiger partial charge < -0.3 is 9.47 Å². The lowest BCUT2D eigenvalue weighted by molar-refractivity contribution is -0.136. The van der Waals surface area contributed by atoms with Crippen LogP contribution in [0.25, 0.3) is 0 Å². The van der Waals surface area contributed by atoms with E-state index in [9.17, 15) is 4.79 Å². The van der Waals surface area contributed by atoms with Crippen molar-refractivity contribution in [1.82, 2.24) is 9.47 Å². The second-order valence-corrected chi connectivity index (χ2v) is 7.79. The van der Waals surface area contributed by atoms with Crippen LogP contribution >= 0.6 is 0 Å². The molecule has 1 saturated heterocycles. The molecule has 0 unspecified atom stereocenters. The smallest absolute Gasteiger partial charge is 0.245 e. The van der Waals surface area contributed by atoms with Gasteiger partial charge in [-0.15, -0.1) is 0 Å². The number of nitrogens with zero attached hydrogens (tertiary/aromatic N) is 2. The molecular weight excluding hydrogens is 344 g/mol. The summed E-state index contributed by atoms with van der Waals surface area (Å²) in [4.78, 5) is 15.4. The number of aromatic nitrogens is 1. The molecule has 2 aromatic carbocycles. The Balaban J connectivity index is 1.40. The second kappa shape index (κ2) is 8.92. The number of hydrogen-bond acceptors (Lipinski definition) is 1. The average molecular weight is 373 g/mol. The van der Waals surface area contributed by atoms with Crippen molar-refractivity contribution >= 4 is 5.91 Å². The summed E-state index contributed by atoms with van der Waals surface area (Å²) in [6.45, 7) is 1.73. The molecule has 1 aliphatic rings. The Morgan fingerprint density at radius 1 is 0.821 bits per heavy atom. The van der Waals surface area contributed by atoms with Crippen molar-refractivity contribution in [1.29, 1.82) is 0 Å². The fourth-order valence-electron chi connectivity index (χ4n) is 4.23. The van der Waals surface area contributed by atoms with E-state index in [-0.39, 0.29) is 11.9 Å². The minimum Gasteiger partial charge on any atom is -0.342 e. The minimum absolute atomic E-state index is 0.164. The summed E-state index contributed by atoms with van der Waals surface area (Å²) in [5.74, 6) is 0.920. The van der Waals surface area contributed by atoms with Gasteiger partial charge in [-0.05, 0) is 48.4 Å². The number of piperidine rings is 1. The highest BCUT2D eigenvalue weighted by molar-refractivity contribution is 5.81. The fraction of sp³-hybridized carbons (Fsp3) is 0.320. The van der Waals surface area contributed by atoms with Crippen LogP contribution in [0, 0.1) is 5.92 Å². The lowest BCUT2D eigenvalue weighted by Gasteiger charge is -2.35. The van der Waals surface area contributed by atoms with Crippen molar-refractivity contribution in [2.75, 3.05) is 13.1 Å². The molecule has 0 spiro atoms. The number of benzene rings is 2. The lowest BCUT2D eigenvalue weighted by atomic mass is 9.90. The molecule has 3 aromatic rings. The Morgan fingerprint density at radius 3 is 2.00 bits per heavy atom. The number of hydrogen-bond donors (Lipinski definition) is 0. The summed E-state index contributed by atoms with van der Waals surface area (Å²) in [7, 11) is 0. The van der Waals surface area contributed by atoms with Gasteiger partial charge >= 0.3 is 0 Å². The van der Waals surface area contributed by atoms with E-state index in [4.69, 9.17) is 0 Å². The first-order valence-corrected chi connectivity index (χ1v) is 10.3. The van der Waals surface area contributed by atoms with Crippen molar-refractivity contribution < 1.29 is 4.79 Å². The first-order chi connectivity index (χ1) is 13.8. The monoisotopic (exact) mass is 372 g/mol. The Bertz CT molecular complexity index is 850. The molecule has 3 nitrogen and oxygen atoms in total. The SMILES string of the molecule is O=C([C@H](Cc1ccccc1)n1cccc1)N1CCC(Cc2ccccc2)CC1. The molecule has 28 heavy (non-hydrogen) atoms. The molecule has 0 N–H and O–H groups in total. The van der Waals surface area contributed by atoms with Crippen LogP contribution in [-0.4, -0.2) is 28.5 Å². The predicted molar refractivity (Wildman–Crippen MR) is 113 cm³/mol. The predicted octanol–water partition coefficient (Wildman–Crippen LogP) is 4.75. The molecule has 1 amide bonds. The van der Waals surface area contributed by atoms with Gasteiger partial charge in [-0.1, -0.05) is 60.7 Å². The van der Waals surface area contributed by atoms with E-state index in [2.05, 4.69) is 51.9 Å². The number of carbonyl (C=O) groups excluding carboxylic acids is 1. The van der Waals surface area contributed by atoms with Crippen molar-refractivity contribution in [2.45, 2.75) is 31.7 Å². The first kappa shape index (κ1) is 18.5. The van der Waals surface area contributed by atoms with Crippen LogP contribution in [0.5, 0.6) is 0 Å². The van der Waals surface area contributed by atoms with E-state index in [0.717, 1.165) is 38.8 Å². The zero-order valence-corrected chi connectivity index (χ0v) is 16.3. The van der Waals surface area contributed by atoms with E-state index in [1.807, 2.05) is 42.7 Å². The quantitative estimate of drug-likeness (QED) is 0.613. The highest BCUT2D eigenvalue weighted by Crippen LogP contribution is 2.25. The van der Waals surface area contributed by atoms with Gasteiger partial charge in [-0.3, -0.25) is 4.79 Å². The van der Waals surface area contributed by atoms with Crippen LogP contribution < -0.4 is 0 Å². The van der Waals surface area contributed by atoms with Gasteiger partial charge in [-0.25, -0.2) is 0 Å².